The van der Waals surface area contributed by atoms with Gasteiger partial charge in [-0.1, -0.05) is 57.9 Å². The zero-order valence-electron chi connectivity index (χ0n) is 18.2. The molecule has 1 aromatic heterocycles. The molecule has 0 spiro atoms. The summed E-state index contributed by atoms with van der Waals surface area (Å²) in [5.74, 6) is 0.300. The number of anilines is 1. The first-order valence-electron chi connectivity index (χ1n) is 10.7. The second kappa shape index (κ2) is 10.9. The van der Waals surface area contributed by atoms with Gasteiger partial charge in [-0.15, -0.1) is 0 Å². The molecule has 9 heteroatoms. The van der Waals surface area contributed by atoms with E-state index in [4.69, 9.17) is 21.7 Å². The van der Waals surface area contributed by atoms with Crippen LogP contribution in [0, 0.1) is 5.41 Å². The minimum Gasteiger partial charge on any atom is -0.378 e. The van der Waals surface area contributed by atoms with Crippen molar-refractivity contribution in [2.75, 3.05) is 31.6 Å². The van der Waals surface area contributed by atoms with Crippen molar-refractivity contribution in [3.05, 3.63) is 92.5 Å². The molecular formula is C25H22BrClN4O3. The van der Waals surface area contributed by atoms with Gasteiger partial charge in [-0.25, -0.2) is 4.98 Å². The Balaban J connectivity index is 1.47. The Morgan fingerprint density at radius 3 is 2.44 bits per heavy atom. The van der Waals surface area contributed by atoms with Crippen LogP contribution in [-0.4, -0.2) is 53.7 Å². The quantitative estimate of drug-likeness (QED) is 0.265. The van der Waals surface area contributed by atoms with Gasteiger partial charge in [-0.3, -0.25) is 15.0 Å². The predicted molar refractivity (Wildman–Crippen MR) is 135 cm³/mol. The average Bonchev–Trinajstić information content (AvgIpc) is 2.86. The van der Waals surface area contributed by atoms with Crippen molar-refractivity contribution < 1.29 is 14.3 Å². The number of halogens is 2. The third-order valence-corrected chi connectivity index (χ3v) is 6.16. The zero-order valence-corrected chi connectivity index (χ0v) is 20.5. The number of morpholine rings is 1. The Labute approximate surface area is 210 Å². The molecule has 1 fully saturated rings. The maximum Gasteiger partial charge on any atom is 0.257 e. The standard InChI is InChI=1S/C25H22BrClN4O3/c26-19-6-5-18(21(14-19)25(33)30-23-8-7-20(27)15-29-23)13-22(32)16-1-3-17(4-2-16)24(28)31-9-11-34-12-10-31/h1-8,14-15,28H,9-13H2,(H,29,30,33). The van der Waals surface area contributed by atoms with Gasteiger partial charge in [-0.2, -0.15) is 0 Å². The fraction of sp³-hybridized carbons (Fsp3) is 0.200. The third kappa shape index (κ3) is 5.88. The fourth-order valence-corrected chi connectivity index (χ4v) is 4.08. The molecule has 7 nitrogen and oxygen atoms in total. The number of aromatic nitrogens is 1. The van der Waals surface area contributed by atoms with Gasteiger partial charge < -0.3 is 15.0 Å². The molecular weight excluding hydrogens is 520 g/mol. The highest BCUT2D eigenvalue weighted by molar-refractivity contribution is 9.10. The number of pyridine rings is 1. The lowest BCUT2D eigenvalue weighted by Gasteiger charge is -2.29. The molecule has 34 heavy (non-hydrogen) atoms. The number of nitrogens with zero attached hydrogens (tertiary/aromatic N) is 2. The summed E-state index contributed by atoms with van der Waals surface area (Å²) >= 11 is 9.25. The van der Waals surface area contributed by atoms with Gasteiger partial charge in [-0.05, 0) is 29.8 Å². The Bertz CT molecular complexity index is 1210. The van der Waals surface area contributed by atoms with Crippen LogP contribution in [0.2, 0.25) is 5.02 Å². The summed E-state index contributed by atoms with van der Waals surface area (Å²) in [5, 5.41) is 11.6. The number of amidine groups is 1. The fourth-order valence-electron chi connectivity index (χ4n) is 3.61. The van der Waals surface area contributed by atoms with Gasteiger partial charge in [0.25, 0.3) is 5.91 Å². The molecule has 1 saturated heterocycles. The van der Waals surface area contributed by atoms with Gasteiger partial charge in [0.15, 0.2) is 5.78 Å². The number of nitrogens with one attached hydrogen (secondary N) is 2. The number of rotatable bonds is 6. The first-order chi connectivity index (χ1) is 16.4. The molecule has 1 amide bonds. The van der Waals surface area contributed by atoms with Crippen LogP contribution in [0.4, 0.5) is 5.82 Å². The number of benzene rings is 2. The van der Waals surface area contributed by atoms with Crippen molar-refractivity contribution in [2.45, 2.75) is 6.42 Å². The van der Waals surface area contributed by atoms with Gasteiger partial charge in [0, 0.05) is 46.9 Å². The molecule has 0 unspecified atom stereocenters. The van der Waals surface area contributed by atoms with Gasteiger partial charge in [0.1, 0.15) is 11.7 Å². The molecule has 3 aromatic rings. The van der Waals surface area contributed by atoms with E-state index in [-0.39, 0.29) is 18.1 Å². The SMILES string of the molecule is N=C(c1ccc(C(=O)Cc2ccc(Br)cc2C(=O)Nc2ccc(Cl)cn2)cc1)N1CCOCC1. The summed E-state index contributed by atoms with van der Waals surface area (Å²) in [6, 6.07) is 15.5. The highest BCUT2D eigenvalue weighted by Gasteiger charge is 2.18. The van der Waals surface area contributed by atoms with E-state index in [9.17, 15) is 9.59 Å². The van der Waals surface area contributed by atoms with E-state index < -0.39 is 0 Å². The summed E-state index contributed by atoms with van der Waals surface area (Å²) < 4.78 is 6.07. The third-order valence-electron chi connectivity index (χ3n) is 5.44. The first kappa shape index (κ1) is 24.1. The molecule has 2 heterocycles. The largest absolute Gasteiger partial charge is 0.378 e. The van der Waals surface area contributed by atoms with Crippen molar-refractivity contribution >= 4 is 50.9 Å². The monoisotopic (exact) mass is 540 g/mol. The topological polar surface area (TPSA) is 95.4 Å². The lowest BCUT2D eigenvalue weighted by Crippen LogP contribution is -2.40. The molecule has 4 rings (SSSR count). The van der Waals surface area contributed by atoms with Crippen LogP contribution in [0.15, 0.2) is 65.3 Å². The Morgan fingerprint density at radius 1 is 1.06 bits per heavy atom. The summed E-state index contributed by atoms with van der Waals surface area (Å²) in [6.07, 6.45) is 1.51. The molecule has 174 valence electrons. The molecule has 0 radical (unpaired) electrons. The number of Topliss-reactive ketones (excluding diaryl/α,β-unsaturated/α-hetero) is 1. The van der Waals surface area contributed by atoms with Gasteiger partial charge >= 0.3 is 0 Å². The number of hydrogen-bond acceptors (Lipinski definition) is 5. The van der Waals surface area contributed by atoms with E-state index in [1.165, 1.54) is 6.20 Å². The van der Waals surface area contributed by atoms with E-state index in [1.807, 2.05) is 4.90 Å². The summed E-state index contributed by atoms with van der Waals surface area (Å²) in [4.78, 5) is 32.0. The normalized spacial score (nSPS) is 13.4. The predicted octanol–water partition coefficient (Wildman–Crippen LogP) is 4.83. The zero-order chi connectivity index (χ0) is 24.1. The van der Waals surface area contributed by atoms with Crippen LogP contribution >= 0.6 is 27.5 Å². The van der Waals surface area contributed by atoms with E-state index >= 15 is 0 Å². The van der Waals surface area contributed by atoms with Crippen molar-refractivity contribution in [1.29, 1.82) is 5.41 Å². The van der Waals surface area contributed by atoms with Crippen LogP contribution < -0.4 is 5.32 Å². The minimum absolute atomic E-state index is 0.0599. The summed E-state index contributed by atoms with van der Waals surface area (Å²) in [6.45, 7) is 2.57. The van der Waals surface area contributed by atoms with Crippen LogP contribution in [-0.2, 0) is 11.2 Å². The average molecular weight is 542 g/mol. The molecule has 0 aliphatic carbocycles. The van der Waals surface area contributed by atoms with Crippen LogP contribution in [0.1, 0.15) is 31.8 Å². The number of hydrogen-bond donors (Lipinski definition) is 2. The maximum atomic E-state index is 13.0. The number of amides is 1. The molecule has 2 aromatic carbocycles. The molecule has 2 N–H and O–H groups in total. The van der Waals surface area contributed by atoms with Crippen molar-refractivity contribution in [3.63, 3.8) is 0 Å². The Hall–Kier alpha value is -3.07. The summed E-state index contributed by atoms with van der Waals surface area (Å²) in [5.41, 5.74) is 2.25. The van der Waals surface area contributed by atoms with Gasteiger partial charge in [0.05, 0.1) is 18.2 Å². The van der Waals surface area contributed by atoms with E-state index in [2.05, 4.69) is 26.2 Å². The second-order valence-electron chi connectivity index (χ2n) is 7.74. The van der Waals surface area contributed by atoms with Crippen molar-refractivity contribution in [1.82, 2.24) is 9.88 Å². The van der Waals surface area contributed by atoms with E-state index in [0.717, 1.165) is 10.0 Å². The second-order valence-corrected chi connectivity index (χ2v) is 9.09. The molecule has 0 saturated carbocycles. The van der Waals surface area contributed by atoms with Crippen LogP contribution in [0.25, 0.3) is 0 Å². The molecule has 0 atom stereocenters. The Morgan fingerprint density at radius 2 is 1.76 bits per heavy atom. The van der Waals surface area contributed by atoms with E-state index in [0.29, 0.717) is 59.7 Å². The number of carbonyl (C=O) groups is 2. The highest BCUT2D eigenvalue weighted by atomic mass is 79.9. The summed E-state index contributed by atoms with van der Waals surface area (Å²) in [7, 11) is 0. The lowest BCUT2D eigenvalue weighted by atomic mass is 9.97. The van der Waals surface area contributed by atoms with Crippen LogP contribution in [0.5, 0.6) is 0 Å². The molecule has 1 aliphatic rings. The molecule has 0 bridgehead atoms. The van der Waals surface area contributed by atoms with Crippen LogP contribution in [0.3, 0.4) is 0 Å². The number of carbonyl (C=O) groups excluding carboxylic acids is 2. The number of ether oxygens (including phenoxy) is 1. The lowest BCUT2D eigenvalue weighted by molar-refractivity contribution is 0.0680. The van der Waals surface area contributed by atoms with E-state index in [1.54, 1.807) is 54.6 Å². The first-order valence-corrected chi connectivity index (χ1v) is 11.8. The molecule has 1 aliphatic heterocycles. The maximum absolute atomic E-state index is 13.0. The minimum atomic E-state index is -0.367. The van der Waals surface area contributed by atoms with Crippen molar-refractivity contribution in [2.24, 2.45) is 0 Å². The smallest absolute Gasteiger partial charge is 0.257 e. The van der Waals surface area contributed by atoms with Gasteiger partial charge in [0.2, 0.25) is 0 Å². The highest BCUT2D eigenvalue weighted by Crippen LogP contribution is 2.21. The number of ketones is 1. The van der Waals surface area contributed by atoms with Crippen molar-refractivity contribution in [3.8, 4) is 0 Å². The Kier molecular flexibility index (Phi) is 7.72.